The number of nitrogens with zero attached hydrogens (tertiary/aromatic N) is 1. The molecule has 0 aliphatic rings. The molecule has 0 fully saturated rings. The van der Waals surface area contributed by atoms with E-state index >= 15 is 0 Å². The minimum atomic E-state index is 0.620. The van der Waals surface area contributed by atoms with Crippen LogP contribution in [0.4, 0.5) is 0 Å². The van der Waals surface area contributed by atoms with Crippen LogP contribution in [0.5, 0.6) is 5.75 Å². The van der Waals surface area contributed by atoms with Crippen LogP contribution in [0.15, 0.2) is 65.7 Å². The maximum Gasteiger partial charge on any atom is 0.226 e. The van der Waals surface area contributed by atoms with Crippen LogP contribution in [0.1, 0.15) is 45.1 Å². The predicted octanol–water partition coefficient (Wildman–Crippen LogP) is 7.00. The first-order valence-corrected chi connectivity index (χ1v) is 9.62. The van der Waals surface area contributed by atoms with E-state index in [1.165, 1.54) is 19.3 Å². The van der Waals surface area contributed by atoms with Crippen LogP contribution >= 0.6 is 0 Å². The fourth-order valence-corrected chi connectivity index (χ4v) is 2.87. The van der Waals surface area contributed by atoms with Gasteiger partial charge >= 0.3 is 0 Å². The Morgan fingerprint density at radius 2 is 1.67 bits per heavy atom. The molecule has 0 radical (unpaired) electrons. The lowest BCUT2D eigenvalue weighted by atomic mass is 10.1. The molecule has 0 spiro atoms. The zero-order valence-electron chi connectivity index (χ0n) is 16.2. The van der Waals surface area contributed by atoms with Gasteiger partial charge in [-0.25, -0.2) is 4.98 Å². The molecule has 0 bridgehead atoms. The lowest BCUT2D eigenvalue weighted by Gasteiger charge is -2.06. The third-order valence-corrected chi connectivity index (χ3v) is 4.54. The fraction of sp³-hybridized carbons (Fsp3) is 0.292. The smallest absolute Gasteiger partial charge is 0.226 e. The summed E-state index contributed by atoms with van der Waals surface area (Å²) < 4.78 is 11.7. The second-order valence-corrected chi connectivity index (χ2v) is 6.82. The highest BCUT2D eigenvalue weighted by Gasteiger charge is 2.09. The fourth-order valence-electron chi connectivity index (χ4n) is 2.87. The molecule has 0 saturated heterocycles. The number of unbranched alkanes of at least 4 members (excludes halogenated alkanes) is 3. The van der Waals surface area contributed by atoms with Gasteiger partial charge in [-0.1, -0.05) is 50.5 Å². The summed E-state index contributed by atoms with van der Waals surface area (Å²) in [5.74, 6) is 2.27. The Morgan fingerprint density at radius 3 is 2.33 bits per heavy atom. The highest BCUT2D eigenvalue weighted by Crippen LogP contribution is 2.28. The van der Waals surface area contributed by atoms with E-state index in [9.17, 15) is 0 Å². The summed E-state index contributed by atoms with van der Waals surface area (Å²) in [5, 5.41) is 0. The van der Waals surface area contributed by atoms with Gasteiger partial charge < -0.3 is 9.15 Å². The molecule has 0 atom stereocenters. The van der Waals surface area contributed by atoms with Gasteiger partial charge in [0.15, 0.2) is 5.76 Å². The molecule has 1 heterocycles. The number of allylic oxidation sites excluding steroid dienone is 1. The van der Waals surface area contributed by atoms with Crippen LogP contribution in [0.3, 0.4) is 0 Å². The average Bonchev–Trinajstić information content (AvgIpc) is 3.18. The van der Waals surface area contributed by atoms with Crippen molar-refractivity contribution in [2.45, 2.75) is 39.5 Å². The maximum absolute atomic E-state index is 5.95. The molecule has 0 aliphatic heterocycles. The van der Waals surface area contributed by atoms with Gasteiger partial charge in [-0.2, -0.15) is 0 Å². The molecule has 0 aliphatic carbocycles. The molecule has 0 N–H and O–H groups in total. The van der Waals surface area contributed by atoms with Crippen molar-refractivity contribution >= 4 is 5.57 Å². The molecule has 1 aromatic heterocycles. The molecule has 27 heavy (non-hydrogen) atoms. The Morgan fingerprint density at radius 1 is 0.963 bits per heavy atom. The quantitative estimate of drug-likeness (QED) is 0.385. The molecule has 3 rings (SSSR count). The van der Waals surface area contributed by atoms with Gasteiger partial charge in [-0.3, -0.25) is 0 Å². The highest BCUT2D eigenvalue weighted by atomic mass is 16.5. The molecule has 140 valence electrons. The van der Waals surface area contributed by atoms with Crippen molar-refractivity contribution in [2.24, 2.45) is 0 Å². The van der Waals surface area contributed by atoms with E-state index in [0.717, 1.165) is 46.8 Å². The Bertz CT molecular complexity index is 860. The molecule has 0 unspecified atom stereocenters. The van der Waals surface area contributed by atoms with Crippen molar-refractivity contribution in [3.8, 4) is 28.5 Å². The van der Waals surface area contributed by atoms with Crippen LogP contribution in [0.25, 0.3) is 28.4 Å². The van der Waals surface area contributed by atoms with E-state index in [-0.39, 0.29) is 0 Å². The number of rotatable bonds is 9. The summed E-state index contributed by atoms with van der Waals surface area (Å²) in [6, 6.07) is 16.1. The van der Waals surface area contributed by atoms with Crippen LogP contribution in [-0.4, -0.2) is 11.6 Å². The Kier molecular flexibility index (Phi) is 6.48. The number of hydrogen-bond donors (Lipinski definition) is 0. The molecule has 0 amide bonds. The first kappa shape index (κ1) is 19.0. The summed E-state index contributed by atoms with van der Waals surface area (Å²) in [6.45, 7) is 8.94. The summed E-state index contributed by atoms with van der Waals surface area (Å²) in [6.07, 6.45) is 6.61. The van der Waals surface area contributed by atoms with E-state index < -0.39 is 0 Å². The summed E-state index contributed by atoms with van der Waals surface area (Å²) in [4.78, 5) is 4.42. The minimum Gasteiger partial charge on any atom is -0.494 e. The van der Waals surface area contributed by atoms with Crippen molar-refractivity contribution in [3.63, 3.8) is 0 Å². The number of hydrogen-bond acceptors (Lipinski definition) is 3. The van der Waals surface area contributed by atoms with Gasteiger partial charge in [0.25, 0.3) is 0 Å². The third kappa shape index (κ3) is 5.10. The third-order valence-electron chi connectivity index (χ3n) is 4.54. The first-order chi connectivity index (χ1) is 13.2. The summed E-state index contributed by atoms with van der Waals surface area (Å²) in [7, 11) is 0. The van der Waals surface area contributed by atoms with E-state index in [4.69, 9.17) is 9.15 Å². The van der Waals surface area contributed by atoms with E-state index in [1.807, 2.05) is 55.5 Å². The molecule has 2 aromatic carbocycles. The molecule has 0 saturated carbocycles. The number of aromatic nitrogens is 1. The van der Waals surface area contributed by atoms with Crippen molar-refractivity contribution in [1.82, 2.24) is 4.98 Å². The minimum absolute atomic E-state index is 0.620. The SMILES string of the molecule is C=C(C)c1ccc(-c2ncc(-c3ccc(OCCCCCC)cc3)o2)cc1. The Labute approximate surface area is 161 Å². The Balaban J connectivity index is 1.63. The summed E-state index contributed by atoms with van der Waals surface area (Å²) in [5.41, 5.74) is 4.11. The van der Waals surface area contributed by atoms with Gasteiger partial charge in [0.2, 0.25) is 5.89 Å². The zero-order chi connectivity index (χ0) is 19.1. The first-order valence-electron chi connectivity index (χ1n) is 9.62. The maximum atomic E-state index is 5.95. The number of oxazole rings is 1. The van der Waals surface area contributed by atoms with E-state index in [0.29, 0.717) is 5.89 Å². The van der Waals surface area contributed by atoms with Gasteiger partial charge in [0.05, 0.1) is 12.8 Å². The predicted molar refractivity (Wildman–Crippen MR) is 112 cm³/mol. The van der Waals surface area contributed by atoms with E-state index in [1.54, 1.807) is 6.20 Å². The Hall–Kier alpha value is -2.81. The number of benzene rings is 2. The van der Waals surface area contributed by atoms with Crippen molar-refractivity contribution < 1.29 is 9.15 Å². The number of ether oxygens (including phenoxy) is 1. The van der Waals surface area contributed by atoms with E-state index in [2.05, 4.69) is 18.5 Å². The van der Waals surface area contributed by atoms with Crippen molar-refractivity contribution in [3.05, 3.63) is 66.9 Å². The van der Waals surface area contributed by atoms with Crippen LogP contribution in [0, 0.1) is 0 Å². The lowest BCUT2D eigenvalue weighted by molar-refractivity contribution is 0.305. The van der Waals surface area contributed by atoms with Crippen LogP contribution < -0.4 is 4.74 Å². The van der Waals surface area contributed by atoms with Gasteiger partial charge in [0.1, 0.15) is 5.75 Å². The largest absolute Gasteiger partial charge is 0.494 e. The normalized spacial score (nSPS) is 10.7. The van der Waals surface area contributed by atoms with Gasteiger partial charge in [-0.05, 0) is 55.3 Å². The summed E-state index contributed by atoms with van der Waals surface area (Å²) >= 11 is 0. The second kappa shape index (κ2) is 9.22. The molecular formula is C24H27NO2. The standard InChI is InChI=1S/C24H27NO2/c1-4-5-6-7-16-26-22-14-12-20(13-15-22)23-17-25-24(27-23)21-10-8-19(9-11-21)18(2)3/h8-15,17H,2,4-7,16H2,1,3H3. The zero-order valence-corrected chi connectivity index (χ0v) is 16.2. The van der Waals surface area contributed by atoms with Crippen LogP contribution in [0.2, 0.25) is 0 Å². The highest BCUT2D eigenvalue weighted by molar-refractivity contribution is 5.66. The monoisotopic (exact) mass is 361 g/mol. The van der Waals surface area contributed by atoms with Crippen molar-refractivity contribution in [1.29, 1.82) is 0 Å². The van der Waals surface area contributed by atoms with Crippen LogP contribution in [-0.2, 0) is 0 Å². The lowest BCUT2D eigenvalue weighted by Crippen LogP contribution is -1.96. The van der Waals surface area contributed by atoms with Crippen molar-refractivity contribution in [2.75, 3.05) is 6.61 Å². The topological polar surface area (TPSA) is 35.3 Å². The second-order valence-electron chi connectivity index (χ2n) is 6.82. The van der Waals surface area contributed by atoms with Gasteiger partial charge in [0, 0.05) is 11.1 Å². The van der Waals surface area contributed by atoms with Gasteiger partial charge in [-0.15, -0.1) is 0 Å². The molecule has 3 aromatic rings. The molecule has 3 heteroatoms. The average molecular weight is 361 g/mol. The molecular weight excluding hydrogens is 334 g/mol. The molecule has 3 nitrogen and oxygen atoms in total.